The molecule has 0 radical (unpaired) electrons. The fraction of sp³-hybridized carbons (Fsp3) is 0.625. The minimum Gasteiger partial charge on any atom is -0.383 e. The van der Waals surface area contributed by atoms with Gasteiger partial charge in [0.05, 0.1) is 12.6 Å². The second-order valence-electron chi connectivity index (χ2n) is 5.60. The van der Waals surface area contributed by atoms with Crippen molar-refractivity contribution in [3.05, 3.63) is 35.9 Å². The predicted octanol–water partition coefficient (Wildman–Crippen LogP) is 2.55. The molecule has 3 heteroatoms. The highest BCUT2D eigenvalue weighted by atomic mass is 16.5. The van der Waals surface area contributed by atoms with Gasteiger partial charge < -0.3 is 15.0 Å². The van der Waals surface area contributed by atoms with Crippen molar-refractivity contribution in [2.24, 2.45) is 5.92 Å². The van der Waals surface area contributed by atoms with E-state index < -0.39 is 0 Å². The molecular formula is C16H28N2O. The highest BCUT2D eigenvalue weighted by Gasteiger charge is 2.18. The summed E-state index contributed by atoms with van der Waals surface area (Å²) in [6.07, 6.45) is 0. The van der Waals surface area contributed by atoms with Crippen molar-refractivity contribution >= 4 is 0 Å². The summed E-state index contributed by atoms with van der Waals surface area (Å²) >= 11 is 0. The van der Waals surface area contributed by atoms with E-state index in [4.69, 9.17) is 4.74 Å². The summed E-state index contributed by atoms with van der Waals surface area (Å²) in [5, 5.41) is 3.63. The Hall–Kier alpha value is -0.900. The lowest BCUT2D eigenvalue weighted by Crippen LogP contribution is -2.43. The molecule has 0 saturated carbocycles. The van der Waals surface area contributed by atoms with Gasteiger partial charge in [-0.3, -0.25) is 0 Å². The third-order valence-electron chi connectivity index (χ3n) is 3.54. The highest BCUT2D eigenvalue weighted by molar-refractivity contribution is 5.19. The van der Waals surface area contributed by atoms with Gasteiger partial charge in [0.15, 0.2) is 0 Å². The number of nitrogens with zero attached hydrogens (tertiary/aromatic N) is 1. The molecule has 0 fully saturated rings. The first-order valence-electron chi connectivity index (χ1n) is 7.00. The normalized spacial score (nSPS) is 14.9. The van der Waals surface area contributed by atoms with E-state index in [0.717, 1.165) is 6.54 Å². The molecule has 1 N–H and O–H groups in total. The Morgan fingerprint density at radius 3 is 2.26 bits per heavy atom. The Kier molecular flexibility index (Phi) is 7.06. The van der Waals surface area contributed by atoms with Crippen LogP contribution < -0.4 is 5.32 Å². The van der Waals surface area contributed by atoms with Crippen molar-refractivity contribution in [3.63, 3.8) is 0 Å². The van der Waals surface area contributed by atoms with Gasteiger partial charge in [-0.25, -0.2) is 0 Å². The number of benzene rings is 1. The largest absolute Gasteiger partial charge is 0.383 e. The van der Waals surface area contributed by atoms with Crippen LogP contribution in [0.25, 0.3) is 0 Å². The van der Waals surface area contributed by atoms with Crippen LogP contribution in [0, 0.1) is 5.92 Å². The summed E-state index contributed by atoms with van der Waals surface area (Å²) in [6, 6.07) is 11.3. The number of hydrogen-bond acceptors (Lipinski definition) is 3. The van der Waals surface area contributed by atoms with E-state index in [9.17, 15) is 0 Å². The molecule has 0 saturated heterocycles. The van der Waals surface area contributed by atoms with Crippen molar-refractivity contribution in [3.8, 4) is 0 Å². The summed E-state index contributed by atoms with van der Waals surface area (Å²) in [5.74, 6) is 0.626. The molecule has 0 spiro atoms. The molecule has 19 heavy (non-hydrogen) atoms. The molecule has 0 aliphatic rings. The van der Waals surface area contributed by atoms with Gasteiger partial charge >= 0.3 is 0 Å². The molecular weight excluding hydrogens is 236 g/mol. The number of hydrogen-bond donors (Lipinski definition) is 1. The third-order valence-corrected chi connectivity index (χ3v) is 3.54. The second-order valence-corrected chi connectivity index (χ2v) is 5.60. The van der Waals surface area contributed by atoms with Gasteiger partial charge in [0, 0.05) is 19.7 Å². The van der Waals surface area contributed by atoms with Crippen molar-refractivity contribution in [2.45, 2.75) is 25.9 Å². The molecule has 108 valence electrons. The zero-order valence-electron chi connectivity index (χ0n) is 12.9. The maximum absolute atomic E-state index is 5.34. The molecule has 0 bridgehead atoms. The van der Waals surface area contributed by atoms with Crippen molar-refractivity contribution in [2.75, 3.05) is 34.4 Å². The number of methoxy groups -OCH3 is 1. The van der Waals surface area contributed by atoms with Crippen LogP contribution in [0.5, 0.6) is 0 Å². The van der Waals surface area contributed by atoms with E-state index in [1.165, 1.54) is 5.56 Å². The van der Waals surface area contributed by atoms with E-state index in [1.807, 2.05) is 6.07 Å². The Morgan fingerprint density at radius 1 is 1.16 bits per heavy atom. The maximum Gasteiger partial charge on any atom is 0.0657 e. The maximum atomic E-state index is 5.34. The van der Waals surface area contributed by atoms with Gasteiger partial charge in [0.2, 0.25) is 0 Å². The van der Waals surface area contributed by atoms with Crippen LogP contribution in [-0.2, 0) is 4.74 Å². The Morgan fingerprint density at radius 2 is 1.79 bits per heavy atom. The van der Waals surface area contributed by atoms with Gasteiger partial charge in [-0.1, -0.05) is 44.2 Å². The first kappa shape index (κ1) is 16.2. The monoisotopic (exact) mass is 264 g/mol. The lowest BCUT2D eigenvalue weighted by Gasteiger charge is -2.30. The van der Waals surface area contributed by atoms with Gasteiger partial charge in [0.1, 0.15) is 0 Å². The van der Waals surface area contributed by atoms with Gasteiger partial charge in [0.25, 0.3) is 0 Å². The third kappa shape index (κ3) is 5.31. The highest BCUT2D eigenvalue weighted by Crippen LogP contribution is 2.14. The van der Waals surface area contributed by atoms with Crippen LogP contribution >= 0.6 is 0 Å². The van der Waals surface area contributed by atoms with E-state index in [-0.39, 0.29) is 6.04 Å². The predicted molar refractivity (Wildman–Crippen MR) is 81.4 cm³/mol. The van der Waals surface area contributed by atoms with Crippen molar-refractivity contribution < 1.29 is 4.74 Å². The van der Waals surface area contributed by atoms with Crippen LogP contribution in [0.15, 0.2) is 30.3 Å². The standard InChI is InChI=1S/C16H28N2O/c1-13(2)16(18(3)4)11-17-15(12-19-5)14-9-7-6-8-10-14/h6-10,13,15-17H,11-12H2,1-5H3. The molecule has 0 aliphatic heterocycles. The summed E-state index contributed by atoms with van der Waals surface area (Å²) in [7, 11) is 6.03. The summed E-state index contributed by atoms with van der Waals surface area (Å²) in [5.41, 5.74) is 1.28. The minimum atomic E-state index is 0.257. The topological polar surface area (TPSA) is 24.5 Å². The average Bonchev–Trinajstić information content (AvgIpc) is 2.38. The Bertz CT molecular complexity index is 330. The average molecular weight is 264 g/mol. The fourth-order valence-electron chi connectivity index (χ4n) is 2.40. The van der Waals surface area contributed by atoms with Gasteiger partial charge in [-0.2, -0.15) is 0 Å². The summed E-state index contributed by atoms with van der Waals surface area (Å²) < 4.78 is 5.34. The first-order chi connectivity index (χ1) is 9.06. The van der Waals surface area contributed by atoms with Crippen molar-refractivity contribution in [1.82, 2.24) is 10.2 Å². The number of likely N-dealkylation sites (N-methyl/N-ethyl adjacent to an activating group) is 1. The SMILES string of the molecule is COCC(NCC(C(C)C)N(C)C)c1ccccc1. The summed E-state index contributed by atoms with van der Waals surface area (Å²) in [6.45, 7) is 6.19. The molecule has 1 aromatic rings. The first-order valence-corrected chi connectivity index (χ1v) is 7.00. The number of nitrogens with one attached hydrogen (secondary N) is 1. The van der Waals surface area contributed by atoms with E-state index in [1.54, 1.807) is 7.11 Å². The molecule has 3 nitrogen and oxygen atoms in total. The Balaban J connectivity index is 2.64. The molecule has 2 atom stereocenters. The van der Waals surface area contributed by atoms with Gasteiger partial charge in [-0.15, -0.1) is 0 Å². The van der Waals surface area contributed by atoms with Crippen LogP contribution in [0.1, 0.15) is 25.5 Å². The quantitative estimate of drug-likeness (QED) is 0.781. The molecule has 2 unspecified atom stereocenters. The van der Waals surface area contributed by atoms with Crippen molar-refractivity contribution in [1.29, 1.82) is 0 Å². The number of ether oxygens (including phenoxy) is 1. The van der Waals surface area contributed by atoms with Crippen LogP contribution in [0.3, 0.4) is 0 Å². The molecule has 0 heterocycles. The molecule has 0 amide bonds. The van der Waals surface area contributed by atoms with Crippen LogP contribution in [-0.4, -0.2) is 45.3 Å². The van der Waals surface area contributed by atoms with E-state index >= 15 is 0 Å². The van der Waals surface area contributed by atoms with Gasteiger partial charge in [-0.05, 0) is 25.6 Å². The lowest BCUT2D eigenvalue weighted by atomic mass is 10.0. The molecule has 0 aromatic heterocycles. The van der Waals surface area contributed by atoms with Crippen LogP contribution in [0.2, 0.25) is 0 Å². The smallest absolute Gasteiger partial charge is 0.0657 e. The summed E-state index contributed by atoms with van der Waals surface area (Å²) in [4.78, 5) is 2.28. The minimum absolute atomic E-state index is 0.257. The fourth-order valence-corrected chi connectivity index (χ4v) is 2.40. The van der Waals surface area contributed by atoms with E-state index in [2.05, 4.69) is 62.4 Å². The zero-order chi connectivity index (χ0) is 14.3. The Labute approximate surface area is 118 Å². The molecule has 0 aliphatic carbocycles. The van der Waals surface area contributed by atoms with Crippen LogP contribution in [0.4, 0.5) is 0 Å². The second kappa shape index (κ2) is 8.31. The zero-order valence-corrected chi connectivity index (χ0v) is 12.9. The van der Waals surface area contributed by atoms with E-state index in [0.29, 0.717) is 18.6 Å². The number of rotatable bonds is 8. The molecule has 1 aromatic carbocycles. The molecule has 1 rings (SSSR count). The lowest BCUT2D eigenvalue weighted by molar-refractivity contribution is 0.154.